The van der Waals surface area contributed by atoms with E-state index >= 15 is 0 Å². The predicted molar refractivity (Wildman–Crippen MR) is 148 cm³/mol. The second kappa shape index (κ2) is 12.2. The number of methoxy groups -OCH3 is 1. The number of ether oxygens (including phenoxy) is 3. The van der Waals surface area contributed by atoms with Gasteiger partial charge in [0, 0.05) is 6.42 Å². The summed E-state index contributed by atoms with van der Waals surface area (Å²) in [4.78, 5) is 11.5. The fraction of sp³-hybridized carbons (Fsp3) is 0.367. The Kier molecular flexibility index (Phi) is 8.81. The zero-order valence-electron chi connectivity index (χ0n) is 21.6. The van der Waals surface area contributed by atoms with Crippen LogP contribution >= 0.6 is 11.8 Å². The van der Waals surface area contributed by atoms with Crippen LogP contribution in [0.25, 0.3) is 11.1 Å². The Morgan fingerprint density at radius 3 is 2.67 bits per heavy atom. The van der Waals surface area contributed by atoms with E-state index in [0.29, 0.717) is 19.4 Å². The third-order valence-electron chi connectivity index (χ3n) is 6.47. The van der Waals surface area contributed by atoms with Gasteiger partial charge in [-0.3, -0.25) is 4.79 Å². The summed E-state index contributed by atoms with van der Waals surface area (Å²) in [5.74, 6) is 2.67. The van der Waals surface area contributed by atoms with E-state index in [4.69, 9.17) is 14.2 Å². The van der Waals surface area contributed by atoms with Crippen LogP contribution in [-0.2, 0) is 16.0 Å². The first-order valence-corrected chi connectivity index (χ1v) is 13.8. The van der Waals surface area contributed by atoms with Crippen molar-refractivity contribution in [2.24, 2.45) is 0 Å². The van der Waals surface area contributed by atoms with Crippen molar-refractivity contribution in [3.8, 4) is 22.6 Å². The van der Waals surface area contributed by atoms with Crippen LogP contribution in [0, 0.1) is 13.8 Å². The van der Waals surface area contributed by atoms with Gasteiger partial charge in [0.25, 0.3) is 0 Å². The van der Waals surface area contributed by atoms with Crippen LogP contribution < -0.4 is 14.8 Å². The molecule has 0 amide bonds. The normalized spacial score (nSPS) is 14.4. The summed E-state index contributed by atoms with van der Waals surface area (Å²) in [5, 5.41) is 3.63. The molecule has 6 heteroatoms. The Labute approximate surface area is 218 Å². The number of esters is 1. The third kappa shape index (κ3) is 6.35. The summed E-state index contributed by atoms with van der Waals surface area (Å²) >= 11 is 1.85. The Morgan fingerprint density at radius 2 is 1.92 bits per heavy atom. The predicted octanol–water partition coefficient (Wildman–Crippen LogP) is 6.75. The highest BCUT2D eigenvalue weighted by atomic mass is 32.2. The summed E-state index contributed by atoms with van der Waals surface area (Å²) < 4.78 is 16.9. The SMILES string of the molecule is COC(=O)CCc1ccc2c(c1)OCC(c1cccc(-c3c(C)cc(OCCCSC)cc3C)c1)N2. The zero-order chi connectivity index (χ0) is 25.5. The Morgan fingerprint density at radius 1 is 1.11 bits per heavy atom. The number of benzene rings is 3. The van der Waals surface area contributed by atoms with Crippen molar-refractivity contribution in [3.05, 3.63) is 76.9 Å². The highest BCUT2D eigenvalue weighted by Crippen LogP contribution is 2.37. The maximum Gasteiger partial charge on any atom is 0.305 e. The van der Waals surface area contributed by atoms with Crippen molar-refractivity contribution in [1.29, 1.82) is 0 Å². The van der Waals surface area contributed by atoms with Gasteiger partial charge in [-0.05, 0) is 102 Å². The number of carbonyl (C=O) groups is 1. The number of hydrogen-bond acceptors (Lipinski definition) is 6. The molecule has 0 bridgehead atoms. The van der Waals surface area contributed by atoms with Gasteiger partial charge in [-0.2, -0.15) is 11.8 Å². The number of carbonyl (C=O) groups excluding carboxylic acids is 1. The molecule has 1 N–H and O–H groups in total. The van der Waals surface area contributed by atoms with Crippen molar-refractivity contribution in [2.75, 3.05) is 37.6 Å². The summed E-state index contributed by atoms with van der Waals surface area (Å²) in [6, 6.07) is 19.1. The maximum atomic E-state index is 11.5. The van der Waals surface area contributed by atoms with Gasteiger partial charge in [-0.15, -0.1) is 0 Å². The maximum absolute atomic E-state index is 11.5. The van der Waals surface area contributed by atoms with E-state index in [1.165, 1.54) is 34.9 Å². The van der Waals surface area contributed by atoms with Gasteiger partial charge in [0.15, 0.2) is 0 Å². The molecular weight excluding hydrogens is 470 g/mol. The molecule has 3 aromatic carbocycles. The lowest BCUT2D eigenvalue weighted by atomic mass is 9.93. The fourth-order valence-corrected chi connectivity index (χ4v) is 5.06. The smallest absolute Gasteiger partial charge is 0.305 e. The first-order chi connectivity index (χ1) is 17.5. The Bertz CT molecular complexity index is 1190. The van der Waals surface area contributed by atoms with E-state index in [1.54, 1.807) is 0 Å². The zero-order valence-corrected chi connectivity index (χ0v) is 22.4. The van der Waals surface area contributed by atoms with Crippen molar-refractivity contribution < 1.29 is 19.0 Å². The van der Waals surface area contributed by atoms with Crippen LogP contribution in [0.4, 0.5) is 5.69 Å². The molecule has 1 heterocycles. The Balaban J connectivity index is 1.48. The minimum absolute atomic E-state index is 0.0537. The van der Waals surface area contributed by atoms with Gasteiger partial charge in [-0.1, -0.05) is 24.3 Å². The van der Waals surface area contributed by atoms with Gasteiger partial charge < -0.3 is 19.5 Å². The molecule has 0 fully saturated rings. The quantitative estimate of drug-likeness (QED) is 0.243. The van der Waals surface area contributed by atoms with Crippen LogP contribution in [0.3, 0.4) is 0 Å². The molecule has 3 aromatic rings. The minimum atomic E-state index is -0.203. The summed E-state index contributed by atoms with van der Waals surface area (Å²) in [7, 11) is 1.42. The van der Waals surface area contributed by atoms with E-state index in [2.05, 4.69) is 61.8 Å². The molecule has 0 spiro atoms. The number of aryl methyl sites for hydroxylation is 3. The average Bonchev–Trinajstić information content (AvgIpc) is 2.89. The minimum Gasteiger partial charge on any atom is -0.494 e. The molecule has 36 heavy (non-hydrogen) atoms. The highest BCUT2D eigenvalue weighted by Gasteiger charge is 2.21. The molecule has 5 nitrogen and oxygen atoms in total. The van der Waals surface area contributed by atoms with E-state index in [9.17, 15) is 4.79 Å². The second-order valence-corrected chi connectivity index (χ2v) is 10.2. The van der Waals surface area contributed by atoms with Crippen LogP contribution in [-0.4, -0.2) is 38.3 Å². The number of nitrogens with one attached hydrogen (secondary N) is 1. The van der Waals surface area contributed by atoms with Crippen LogP contribution in [0.15, 0.2) is 54.6 Å². The monoisotopic (exact) mass is 505 g/mol. The molecule has 4 rings (SSSR count). The first kappa shape index (κ1) is 26.0. The molecule has 0 saturated carbocycles. The van der Waals surface area contributed by atoms with Crippen LogP contribution in [0.1, 0.15) is 41.1 Å². The lowest BCUT2D eigenvalue weighted by Crippen LogP contribution is -2.24. The standard InChI is InChI=1S/C30H35NO4S/c1-20-15-25(34-13-6-14-36-4)16-21(2)30(20)24-8-5-7-23(18-24)27-19-35-28-17-22(9-11-26(28)31-27)10-12-29(32)33-3/h5,7-9,11,15-18,27,31H,6,10,12-14,19H2,1-4H3. The largest absolute Gasteiger partial charge is 0.494 e. The van der Waals surface area contributed by atoms with E-state index in [0.717, 1.165) is 41.5 Å². The third-order valence-corrected chi connectivity index (χ3v) is 7.17. The van der Waals surface area contributed by atoms with Gasteiger partial charge in [0.2, 0.25) is 0 Å². The summed E-state index contributed by atoms with van der Waals surface area (Å²) in [6.07, 6.45) is 4.17. The van der Waals surface area contributed by atoms with Crippen LogP contribution in [0.2, 0.25) is 0 Å². The lowest BCUT2D eigenvalue weighted by molar-refractivity contribution is -0.140. The molecule has 0 aliphatic carbocycles. The van der Waals surface area contributed by atoms with Crippen molar-refractivity contribution in [2.45, 2.75) is 39.2 Å². The molecule has 0 aromatic heterocycles. The van der Waals surface area contributed by atoms with E-state index < -0.39 is 0 Å². The fourth-order valence-electron chi connectivity index (χ4n) is 4.66. The van der Waals surface area contributed by atoms with E-state index in [1.807, 2.05) is 30.0 Å². The number of hydrogen-bond donors (Lipinski definition) is 1. The molecule has 1 aliphatic heterocycles. The summed E-state index contributed by atoms with van der Waals surface area (Å²) in [5.41, 5.74) is 8.08. The molecule has 0 radical (unpaired) electrons. The number of anilines is 1. The molecule has 1 unspecified atom stereocenters. The highest BCUT2D eigenvalue weighted by molar-refractivity contribution is 7.98. The molecule has 1 aliphatic rings. The van der Waals surface area contributed by atoms with Crippen molar-refractivity contribution in [1.82, 2.24) is 0 Å². The average molecular weight is 506 g/mol. The lowest BCUT2D eigenvalue weighted by Gasteiger charge is -2.28. The van der Waals surface area contributed by atoms with Crippen molar-refractivity contribution >= 4 is 23.4 Å². The molecular formula is C30H35NO4S. The molecule has 190 valence electrons. The molecule has 0 saturated heterocycles. The van der Waals surface area contributed by atoms with Crippen LogP contribution in [0.5, 0.6) is 11.5 Å². The summed E-state index contributed by atoms with van der Waals surface area (Å²) in [6.45, 7) is 5.59. The second-order valence-electron chi connectivity index (χ2n) is 9.17. The first-order valence-electron chi connectivity index (χ1n) is 12.4. The van der Waals surface area contributed by atoms with Gasteiger partial charge in [0.05, 0.1) is 25.4 Å². The molecule has 1 atom stereocenters. The van der Waals surface area contributed by atoms with Gasteiger partial charge >= 0.3 is 5.97 Å². The van der Waals surface area contributed by atoms with Gasteiger partial charge in [0.1, 0.15) is 18.1 Å². The van der Waals surface area contributed by atoms with Crippen molar-refractivity contribution in [3.63, 3.8) is 0 Å². The number of rotatable bonds is 10. The topological polar surface area (TPSA) is 56.8 Å². The van der Waals surface area contributed by atoms with E-state index in [-0.39, 0.29) is 12.0 Å². The van der Waals surface area contributed by atoms with Gasteiger partial charge in [-0.25, -0.2) is 0 Å². The number of thioether (sulfide) groups is 1. The Hall–Kier alpha value is -3.12. The number of fused-ring (bicyclic) bond motifs is 1.